The molecule has 0 unspecified atom stereocenters. The van der Waals surface area contributed by atoms with Gasteiger partial charge in [-0.2, -0.15) is 0 Å². The number of hydrogen-bond acceptors (Lipinski definition) is 4. The van der Waals surface area contributed by atoms with Crippen molar-refractivity contribution in [2.24, 2.45) is 5.73 Å². The molecular formula is C7H14N2O5S. The molecule has 0 aliphatic heterocycles. The normalized spacial score (nSPS) is 13.8. The quantitative estimate of drug-likeness (QED) is 0.527. The molecular weight excluding hydrogens is 224 g/mol. The predicted octanol–water partition coefficient (Wildman–Crippen LogP) is -1.36. The van der Waals surface area contributed by atoms with E-state index in [4.69, 9.17) is 10.8 Å². The van der Waals surface area contributed by atoms with E-state index in [-0.39, 0.29) is 0 Å². The molecule has 0 fully saturated rings. The van der Waals surface area contributed by atoms with Gasteiger partial charge in [-0.15, -0.1) is 0 Å². The van der Waals surface area contributed by atoms with Gasteiger partial charge in [-0.25, -0.2) is 13.1 Å². The van der Waals surface area contributed by atoms with Crippen molar-refractivity contribution in [3.63, 3.8) is 0 Å². The van der Waals surface area contributed by atoms with Crippen LogP contribution in [0.1, 0.15) is 20.3 Å². The molecule has 15 heavy (non-hydrogen) atoms. The summed E-state index contributed by atoms with van der Waals surface area (Å²) >= 11 is 0. The molecule has 0 rings (SSSR count). The molecule has 0 aromatic carbocycles. The van der Waals surface area contributed by atoms with Gasteiger partial charge in [0.05, 0.1) is 11.7 Å². The first-order valence-corrected chi connectivity index (χ1v) is 5.73. The van der Waals surface area contributed by atoms with Crippen molar-refractivity contribution in [1.82, 2.24) is 4.72 Å². The van der Waals surface area contributed by atoms with Crippen LogP contribution in [0.25, 0.3) is 0 Å². The zero-order chi connectivity index (χ0) is 12.2. The SMILES string of the molecule is CC(C)S(=O)(=O)N[C@@H](CC(N)=O)C(=O)O. The lowest BCUT2D eigenvalue weighted by Gasteiger charge is -2.14. The smallest absolute Gasteiger partial charge is 0.322 e. The summed E-state index contributed by atoms with van der Waals surface area (Å²) in [5.74, 6) is -2.31. The summed E-state index contributed by atoms with van der Waals surface area (Å²) in [6.07, 6.45) is -0.568. The molecule has 0 heterocycles. The third-order valence-electron chi connectivity index (χ3n) is 1.63. The van der Waals surface area contributed by atoms with E-state index in [2.05, 4.69) is 0 Å². The summed E-state index contributed by atoms with van der Waals surface area (Å²) in [4.78, 5) is 21.1. The molecule has 0 aromatic heterocycles. The highest BCUT2D eigenvalue weighted by Crippen LogP contribution is 2.01. The van der Waals surface area contributed by atoms with Crippen molar-refractivity contribution in [3.05, 3.63) is 0 Å². The van der Waals surface area contributed by atoms with Gasteiger partial charge in [0.15, 0.2) is 0 Å². The maximum atomic E-state index is 11.3. The monoisotopic (exact) mass is 238 g/mol. The minimum Gasteiger partial charge on any atom is -0.480 e. The lowest BCUT2D eigenvalue weighted by Crippen LogP contribution is -2.45. The van der Waals surface area contributed by atoms with Crippen LogP contribution in [0.15, 0.2) is 0 Å². The minimum absolute atomic E-state index is 0.568. The molecule has 0 bridgehead atoms. The number of primary amides is 1. The highest BCUT2D eigenvalue weighted by molar-refractivity contribution is 7.90. The lowest BCUT2D eigenvalue weighted by molar-refractivity contribution is -0.140. The van der Waals surface area contributed by atoms with E-state index < -0.39 is 39.6 Å². The van der Waals surface area contributed by atoms with E-state index >= 15 is 0 Å². The zero-order valence-electron chi connectivity index (χ0n) is 8.43. The highest BCUT2D eigenvalue weighted by atomic mass is 32.2. The number of nitrogens with two attached hydrogens (primary N) is 1. The fourth-order valence-electron chi connectivity index (χ4n) is 0.715. The van der Waals surface area contributed by atoms with Crippen LogP contribution >= 0.6 is 0 Å². The van der Waals surface area contributed by atoms with Crippen molar-refractivity contribution < 1.29 is 23.1 Å². The number of carbonyl (C=O) groups excluding carboxylic acids is 1. The molecule has 0 aromatic rings. The summed E-state index contributed by atoms with van der Waals surface area (Å²) in [5.41, 5.74) is 4.79. The molecule has 1 atom stereocenters. The van der Waals surface area contributed by atoms with E-state index in [0.29, 0.717) is 0 Å². The predicted molar refractivity (Wildman–Crippen MR) is 52.4 cm³/mol. The molecule has 7 nitrogen and oxygen atoms in total. The van der Waals surface area contributed by atoms with Crippen LogP contribution in [0.3, 0.4) is 0 Å². The summed E-state index contributed by atoms with van der Waals surface area (Å²) in [6, 6.07) is -1.50. The topological polar surface area (TPSA) is 127 Å². The Morgan fingerprint density at radius 1 is 1.40 bits per heavy atom. The van der Waals surface area contributed by atoms with Gasteiger partial charge >= 0.3 is 5.97 Å². The Labute approximate surface area is 87.7 Å². The standard InChI is InChI=1S/C7H14N2O5S/c1-4(2)15(13,14)9-5(7(11)12)3-6(8)10/h4-5,9H,3H2,1-2H3,(H2,8,10)(H,11,12)/t5-/m0/s1. The number of carboxylic acid groups (broad SMARTS) is 1. The van der Waals surface area contributed by atoms with Gasteiger partial charge < -0.3 is 10.8 Å². The van der Waals surface area contributed by atoms with Crippen molar-refractivity contribution in [1.29, 1.82) is 0 Å². The second-order valence-corrected chi connectivity index (χ2v) is 5.54. The third-order valence-corrected chi connectivity index (χ3v) is 3.48. The molecule has 1 amide bonds. The third kappa shape index (κ3) is 4.75. The number of hydrogen-bond donors (Lipinski definition) is 3. The Bertz CT molecular complexity index is 348. The zero-order valence-corrected chi connectivity index (χ0v) is 9.24. The van der Waals surface area contributed by atoms with Gasteiger partial charge in [0, 0.05) is 0 Å². The van der Waals surface area contributed by atoms with Crippen LogP contribution < -0.4 is 10.5 Å². The van der Waals surface area contributed by atoms with Crippen LogP contribution in [0.2, 0.25) is 0 Å². The van der Waals surface area contributed by atoms with E-state index in [0.717, 1.165) is 0 Å². The number of carboxylic acids is 1. The van der Waals surface area contributed by atoms with E-state index in [9.17, 15) is 18.0 Å². The van der Waals surface area contributed by atoms with E-state index in [1.165, 1.54) is 13.8 Å². The van der Waals surface area contributed by atoms with Gasteiger partial charge in [0.1, 0.15) is 6.04 Å². The average Bonchev–Trinajstić information content (AvgIpc) is 2.01. The van der Waals surface area contributed by atoms with Crippen LogP contribution in [0.4, 0.5) is 0 Å². The summed E-state index contributed by atoms with van der Waals surface area (Å²) in [7, 11) is -3.73. The molecule has 0 aliphatic carbocycles. The van der Waals surface area contributed by atoms with Gasteiger partial charge in [0.25, 0.3) is 0 Å². The number of carbonyl (C=O) groups is 2. The van der Waals surface area contributed by atoms with Gasteiger partial charge in [-0.1, -0.05) is 0 Å². The van der Waals surface area contributed by atoms with Crippen LogP contribution in [0, 0.1) is 0 Å². The Morgan fingerprint density at radius 2 is 1.87 bits per heavy atom. The first-order chi connectivity index (χ1) is 6.66. The largest absolute Gasteiger partial charge is 0.480 e. The van der Waals surface area contributed by atoms with E-state index in [1.807, 2.05) is 4.72 Å². The Balaban J connectivity index is 4.70. The fourth-order valence-corrected chi connectivity index (χ4v) is 1.57. The number of nitrogens with one attached hydrogen (secondary N) is 1. The maximum Gasteiger partial charge on any atom is 0.322 e. The Kier molecular flexibility index (Phi) is 4.69. The molecule has 0 radical (unpaired) electrons. The van der Waals surface area contributed by atoms with Gasteiger partial charge in [-0.3, -0.25) is 9.59 Å². The highest BCUT2D eigenvalue weighted by Gasteiger charge is 2.27. The molecule has 8 heteroatoms. The maximum absolute atomic E-state index is 11.3. The van der Waals surface area contributed by atoms with Crippen molar-refractivity contribution in [3.8, 4) is 0 Å². The van der Waals surface area contributed by atoms with E-state index in [1.54, 1.807) is 0 Å². The first kappa shape index (κ1) is 13.8. The second-order valence-electron chi connectivity index (χ2n) is 3.27. The summed E-state index contributed by atoms with van der Waals surface area (Å²) in [6.45, 7) is 2.79. The van der Waals surface area contributed by atoms with Crippen molar-refractivity contribution >= 4 is 21.9 Å². The van der Waals surface area contributed by atoms with Crippen LogP contribution in [-0.4, -0.2) is 36.7 Å². The summed E-state index contributed by atoms with van der Waals surface area (Å²) in [5, 5.41) is 7.86. The summed E-state index contributed by atoms with van der Waals surface area (Å²) < 4.78 is 24.5. The first-order valence-electron chi connectivity index (χ1n) is 4.19. The van der Waals surface area contributed by atoms with Crippen LogP contribution in [-0.2, 0) is 19.6 Å². The minimum atomic E-state index is -3.73. The molecule has 88 valence electrons. The number of aliphatic carboxylic acids is 1. The van der Waals surface area contributed by atoms with Gasteiger partial charge in [0.2, 0.25) is 15.9 Å². The van der Waals surface area contributed by atoms with Crippen LogP contribution in [0.5, 0.6) is 0 Å². The lowest BCUT2D eigenvalue weighted by atomic mass is 10.2. The molecule has 0 aliphatic rings. The molecule has 4 N–H and O–H groups in total. The van der Waals surface area contributed by atoms with Crippen molar-refractivity contribution in [2.45, 2.75) is 31.6 Å². The second kappa shape index (κ2) is 5.08. The number of sulfonamides is 1. The number of rotatable bonds is 6. The van der Waals surface area contributed by atoms with Crippen molar-refractivity contribution in [2.75, 3.05) is 0 Å². The Morgan fingerprint density at radius 3 is 2.13 bits per heavy atom. The molecule has 0 saturated carbocycles. The Hall–Kier alpha value is -1.15. The molecule has 0 saturated heterocycles. The number of amides is 1. The molecule has 0 spiro atoms. The fraction of sp³-hybridized carbons (Fsp3) is 0.714. The van der Waals surface area contributed by atoms with Gasteiger partial charge in [-0.05, 0) is 13.8 Å². The average molecular weight is 238 g/mol.